The fraction of sp³-hybridized carbons (Fsp3) is 0.0339. The summed E-state index contributed by atoms with van der Waals surface area (Å²) < 4.78 is 0. The molecule has 0 radical (unpaired) electrons. The van der Waals surface area contributed by atoms with Crippen LogP contribution in [0.5, 0.6) is 0 Å². The predicted molar refractivity (Wildman–Crippen MR) is 265 cm³/mol. The van der Waals surface area contributed by atoms with Crippen LogP contribution in [0.15, 0.2) is 205 Å². The zero-order chi connectivity index (χ0) is 42.0. The molecule has 1 heterocycles. The van der Waals surface area contributed by atoms with Crippen LogP contribution in [-0.2, 0) is 0 Å². The van der Waals surface area contributed by atoms with Crippen molar-refractivity contribution in [3.05, 3.63) is 217 Å². The molecule has 0 amide bonds. The number of benzene rings is 10. The Morgan fingerprint density at radius 3 is 1.41 bits per heavy atom. The molecule has 11 aromatic rings. The van der Waals surface area contributed by atoms with E-state index in [2.05, 4.69) is 207 Å². The summed E-state index contributed by atoms with van der Waals surface area (Å²) in [5, 5.41) is 6.99. The Morgan fingerprint density at radius 1 is 0.429 bits per heavy atom. The highest BCUT2D eigenvalue weighted by Crippen LogP contribution is 2.46. The topological polar surface area (TPSA) is 64.2 Å². The highest BCUT2D eigenvalue weighted by atomic mass is 14.9. The van der Waals surface area contributed by atoms with Gasteiger partial charge in [-0.25, -0.2) is 9.97 Å². The van der Waals surface area contributed by atoms with Gasteiger partial charge in [-0.3, -0.25) is 4.99 Å². The summed E-state index contributed by atoms with van der Waals surface area (Å²) >= 11 is 0. The van der Waals surface area contributed by atoms with Crippen molar-refractivity contribution >= 4 is 60.8 Å². The molecule has 10 aromatic carbocycles. The maximum absolute atomic E-state index is 6.90. The van der Waals surface area contributed by atoms with Gasteiger partial charge in [0, 0.05) is 33.0 Å². The predicted octanol–water partition coefficient (Wildman–Crippen LogP) is 15.0. The molecule has 4 nitrogen and oxygen atoms in total. The number of rotatable bonds is 7. The molecule has 0 saturated heterocycles. The number of anilines is 1. The summed E-state index contributed by atoms with van der Waals surface area (Å²) in [4.78, 5) is 15.8. The Balaban J connectivity index is 0.930. The van der Waals surface area contributed by atoms with Crippen LogP contribution in [0, 0.1) is 0 Å². The molecule has 1 aromatic heterocycles. The number of allylic oxidation sites excluding steroid dienone is 1. The van der Waals surface area contributed by atoms with Crippen LogP contribution >= 0.6 is 0 Å². The van der Waals surface area contributed by atoms with Crippen molar-refractivity contribution in [2.45, 2.75) is 13.0 Å². The fourth-order valence-corrected chi connectivity index (χ4v) is 9.76. The highest BCUT2D eigenvalue weighted by Gasteiger charge is 2.24. The van der Waals surface area contributed by atoms with E-state index < -0.39 is 0 Å². The molecule has 12 rings (SSSR count). The Kier molecular flexibility index (Phi) is 8.58. The van der Waals surface area contributed by atoms with Crippen molar-refractivity contribution in [1.29, 1.82) is 0 Å². The van der Waals surface area contributed by atoms with E-state index >= 15 is 0 Å². The molecule has 0 spiro atoms. The summed E-state index contributed by atoms with van der Waals surface area (Å²) in [5.41, 5.74) is 24.0. The van der Waals surface area contributed by atoms with Gasteiger partial charge in [0.05, 0.1) is 22.8 Å². The van der Waals surface area contributed by atoms with Crippen molar-refractivity contribution in [3.8, 4) is 55.9 Å². The minimum absolute atomic E-state index is 0.134. The van der Waals surface area contributed by atoms with Crippen molar-refractivity contribution in [3.63, 3.8) is 0 Å². The molecule has 296 valence electrons. The van der Waals surface area contributed by atoms with Gasteiger partial charge in [-0.2, -0.15) is 0 Å². The monoisotopic (exact) mass is 804 g/mol. The first-order chi connectivity index (χ1) is 31.1. The first-order valence-electron chi connectivity index (χ1n) is 21.5. The van der Waals surface area contributed by atoms with Crippen molar-refractivity contribution < 1.29 is 0 Å². The maximum atomic E-state index is 6.90. The smallest absolute Gasteiger partial charge is 0.160 e. The first-order valence-corrected chi connectivity index (χ1v) is 21.5. The number of nitrogen functional groups attached to an aromatic ring is 1. The van der Waals surface area contributed by atoms with Gasteiger partial charge >= 0.3 is 0 Å². The second-order valence-corrected chi connectivity index (χ2v) is 16.5. The van der Waals surface area contributed by atoms with Crippen LogP contribution in [0.4, 0.5) is 5.69 Å². The van der Waals surface area contributed by atoms with Crippen LogP contribution in [-0.4, -0.2) is 15.7 Å². The Morgan fingerprint density at radius 2 is 0.889 bits per heavy atom. The normalized spacial score (nSPS) is 13.4. The van der Waals surface area contributed by atoms with Crippen LogP contribution < -0.4 is 5.73 Å². The number of aliphatic imine (C=N–C) groups is 1. The van der Waals surface area contributed by atoms with Crippen LogP contribution in [0.1, 0.15) is 29.7 Å². The van der Waals surface area contributed by atoms with Gasteiger partial charge in [0.25, 0.3) is 0 Å². The van der Waals surface area contributed by atoms with Gasteiger partial charge in [-0.1, -0.05) is 170 Å². The molecule has 0 fully saturated rings. The molecular formula is C59H40N4. The van der Waals surface area contributed by atoms with E-state index in [0.717, 1.165) is 60.8 Å². The van der Waals surface area contributed by atoms with Gasteiger partial charge in [0.2, 0.25) is 0 Å². The van der Waals surface area contributed by atoms with Crippen molar-refractivity contribution in [2.75, 3.05) is 5.73 Å². The highest BCUT2D eigenvalue weighted by molar-refractivity contribution is 6.29. The lowest BCUT2D eigenvalue weighted by Crippen LogP contribution is -2.10. The number of nitrogens with zero attached hydrogens (tertiary/aromatic N) is 3. The Labute approximate surface area is 365 Å². The molecule has 1 unspecified atom stereocenters. The van der Waals surface area contributed by atoms with E-state index in [1.807, 2.05) is 6.07 Å². The number of hydrogen-bond acceptors (Lipinski definition) is 4. The largest absolute Gasteiger partial charge is 0.398 e. The van der Waals surface area contributed by atoms with Crippen LogP contribution in [0.2, 0.25) is 0 Å². The van der Waals surface area contributed by atoms with Gasteiger partial charge < -0.3 is 5.73 Å². The van der Waals surface area contributed by atoms with Crippen LogP contribution in [0.3, 0.4) is 0 Å². The SMILES string of the molecule is CC(N=C1C=Cc2c(-c3ccccc3)cc(-c3ccccc3)c3ccc(N)c1c23)c1ccc(-c2nc3ccc4c(-c5ccccc5)cc(-c5ccccc5)c5ccc(n2)c3c45)cc1. The zero-order valence-electron chi connectivity index (χ0n) is 34.6. The molecular weight excluding hydrogens is 765 g/mol. The van der Waals surface area contributed by atoms with E-state index in [0.29, 0.717) is 5.82 Å². The maximum Gasteiger partial charge on any atom is 0.160 e. The standard InChI is InChI=1S/C59H40N4/c1-36(61-52-31-27-44-48(39-16-8-3-9-17-39)34-47(38-14-6-2-7-15-38)43-26-30-51(60)57(52)55(43)44)37-22-24-42(25-23-37)59-62-53-32-28-45-49(40-18-10-4-11-19-40)35-50(41-20-12-5-13-21-41)46-29-33-54(63-59)58(53)56(45)46/h2-36H,60H2,1H3. The lowest BCUT2D eigenvalue weighted by Gasteiger charge is -2.23. The van der Waals surface area contributed by atoms with E-state index in [-0.39, 0.29) is 6.04 Å². The second kappa shape index (κ2) is 14.8. The molecule has 1 aliphatic carbocycles. The number of nitrogens with two attached hydrogens (primary N) is 1. The summed E-state index contributed by atoms with van der Waals surface area (Å²) in [5.74, 6) is 0.702. The zero-order valence-corrected chi connectivity index (χ0v) is 34.6. The number of aromatic nitrogens is 2. The molecule has 0 saturated carbocycles. The van der Waals surface area contributed by atoms with E-state index in [1.165, 1.54) is 60.7 Å². The summed E-state index contributed by atoms with van der Waals surface area (Å²) in [6.45, 7) is 2.15. The van der Waals surface area contributed by atoms with Gasteiger partial charge in [-0.05, 0) is 115 Å². The molecule has 2 N–H and O–H groups in total. The Bertz CT molecular complexity index is 3490. The molecule has 1 aliphatic rings. The lowest BCUT2D eigenvalue weighted by molar-refractivity contribution is 0.822. The van der Waals surface area contributed by atoms with Crippen molar-refractivity contribution in [2.24, 2.45) is 4.99 Å². The molecule has 1 atom stereocenters. The van der Waals surface area contributed by atoms with E-state index in [4.69, 9.17) is 20.7 Å². The fourth-order valence-electron chi connectivity index (χ4n) is 9.76. The second-order valence-electron chi connectivity index (χ2n) is 16.5. The van der Waals surface area contributed by atoms with E-state index in [9.17, 15) is 0 Å². The van der Waals surface area contributed by atoms with Crippen LogP contribution in [0.25, 0.3) is 105 Å². The third-order valence-corrected chi connectivity index (χ3v) is 12.8. The van der Waals surface area contributed by atoms with Crippen molar-refractivity contribution in [1.82, 2.24) is 9.97 Å². The first kappa shape index (κ1) is 36.6. The average Bonchev–Trinajstić information content (AvgIpc) is 3.35. The third kappa shape index (κ3) is 6.10. The van der Waals surface area contributed by atoms with Gasteiger partial charge in [0.15, 0.2) is 5.82 Å². The number of hydrogen-bond donors (Lipinski definition) is 1. The Hall–Kier alpha value is -8.21. The average molecular weight is 805 g/mol. The minimum atomic E-state index is -0.134. The third-order valence-electron chi connectivity index (χ3n) is 12.8. The van der Waals surface area contributed by atoms with Gasteiger partial charge in [-0.15, -0.1) is 0 Å². The van der Waals surface area contributed by atoms with E-state index in [1.54, 1.807) is 0 Å². The summed E-state index contributed by atoms with van der Waals surface area (Å²) in [6, 6.07) is 68.6. The summed E-state index contributed by atoms with van der Waals surface area (Å²) in [7, 11) is 0. The summed E-state index contributed by atoms with van der Waals surface area (Å²) in [6.07, 6.45) is 4.35. The lowest BCUT2D eigenvalue weighted by atomic mass is 9.82. The molecule has 0 aliphatic heterocycles. The molecule has 63 heavy (non-hydrogen) atoms. The molecule has 0 bridgehead atoms. The minimum Gasteiger partial charge on any atom is -0.398 e. The molecule has 4 heteroatoms. The van der Waals surface area contributed by atoms with Gasteiger partial charge in [0.1, 0.15) is 0 Å². The quantitative estimate of drug-likeness (QED) is 0.129.